The lowest BCUT2D eigenvalue weighted by atomic mass is 9.98. The molecular formula is C21H23N3. The molecule has 2 N–H and O–H groups in total. The first-order valence-corrected chi connectivity index (χ1v) is 9.04. The van der Waals surface area contributed by atoms with Crippen LogP contribution in [-0.4, -0.2) is 23.7 Å². The van der Waals surface area contributed by atoms with Crippen molar-refractivity contribution in [3.63, 3.8) is 0 Å². The van der Waals surface area contributed by atoms with Gasteiger partial charge in [-0.3, -0.25) is 0 Å². The number of fused-ring (bicyclic) bond motifs is 3. The molecule has 1 atom stereocenters. The van der Waals surface area contributed by atoms with Gasteiger partial charge >= 0.3 is 0 Å². The average molecular weight is 317 g/mol. The van der Waals surface area contributed by atoms with Crippen LogP contribution in [0.5, 0.6) is 0 Å². The minimum Gasteiger partial charge on any atom is -0.380 e. The lowest BCUT2D eigenvalue weighted by Crippen LogP contribution is -2.32. The third-order valence-corrected chi connectivity index (χ3v) is 5.49. The van der Waals surface area contributed by atoms with Crippen molar-refractivity contribution >= 4 is 16.6 Å². The topological polar surface area (TPSA) is 29.0 Å². The zero-order chi connectivity index (χ0) is 15.9. The first kappa shape index (κ1) is 14.1. The number of anilines is 1. The second kappa shape index (κ2) is 5.67. The minimum atomic E-state index is 0.457. The van der Waals surface area contributed by atoms with E-state index in [1.807, 2.05) is 0 Å². The highest BCUT2D eigenvalue weighted by Gasteiger charge is 2.26. The minimum absolute atomic E-state index is 0.457. The summed E-state index contributed by atoms with van der Waals surface area (Å²) in [6, 6.07) is 17.9. The molecule has 2 aliphatic heterocycles. The fraction of sp³-hybridized carbons (Fsp3) is 0.333. The fourth-order valence-electron chi connectivity index (χ4n) is 4.50. The number of hydrogen-bond acceptors (Lipinski definition) is 2. The Labute approximate surface area is 142 Å². The van der Waals surface area contributed by atoms with E-state index in [1.54, 1.807) is 11.3 Å². The lowest BCUT2D eigenvalue weighted by Gasteiger charge is -2.28. The van der Waals surface area contributed by atoms with Crippen LogP contribution in [0, 0.1) is 0 Å². The van der Waals surface area contributed by atoms with E-state index in [1.165, 1.54) is 22.2 Å². The largest absolute Gasteiger partial charge is 0.380 e. The summed E-state index contributed by atoms with van der Waals surface area (Å²) in [7, 11) is 0. The highest BCUT2D eigenvalue weighted by molar-refractivity contribution is 5.89. The van der Waals surface area contributed by atoms with Crippen LogP contribution in [0.2, 0.25) is 0 Å². The van der Waals surface area contributed by atoms with Crippen molar-refractivity contribution < 1.29 is 0 Å². The summed E-state index contributed by atoms with van der Waals surface area (Å²) in [5.74, 6) is 0. The van der Waals surface area contributed by atoms with Crippen LogP contribution < -0.4 is 10.6 Å². The Morgan fingerprint density at radius 2 is 1.83 bits per heavy atom. The molecule has 2 aromatic carbocycles. The van der Waals surface area contributed by atoms with Gasteiger partial charge in [-0.25, -0.2) is 0 Å². The number of rotatable bonds is 2. The van der Waals surface area contributed by atoms with Crippen molar-refractivity contribution in [2.75, 3.05) is 18.4 Å². The molecule has 3 nitrogen and oxygen atoms in total. The van der Waals surface area contributed by atoms with Gasteiger partial charge in [-0.2, -0.15) is 0 Å². The number of benzene rings is 2. The fourth-order valence-corrected chi connectivity index (χ4v) is 4.50. The monoisotopic (exact) mass is 317 g/mol. The first-order valence-electron chi connectivity index (χ1n) is 9.04. The van der Waals surface area contributed by atoms with Gasteiger partial charge in [-0.05, 0) is 42.6 Å². The molecule has 122 valence electrons. The Hall–Kier alpha value is -2.26. The smallest absolute Gasteiger partial charge is 0.0519 e. The Morgan fingerprint density at radius 3 is 2.75 bits per heavy atom. The molecule has 24 heavy (non-hydrogen) atoms. The molecule has 1 aromatic heterocycles. The van der Waals surface area contributed by atoms with Gasteiger partial charge in [0.15, 0.2) is 0 Å². The summed E-state index contributed by atoms with van der Waals surface area (Å²) >= 11 is 0. The highest BCUT2D eigenvalue weighted by atomic mass is 15.1. The van der Waals surface area contributed by atoms with Crippen LogP contribution in [-0.2, 0) is 25.8 Å². The zero-order valence-corrected chi connectivity index (χ0v) is 13.9. The maximum atomic E-state index is 3.74. The van der Waals surface area contributed by atoms with Crippen LogP contribution in [0.3, 0.4) is 0 Å². The van der Waals surface area contributed by atoms with E-state index < -0.39 is 0 Å². The second-order valence-corrected chi connectivity index (χ2v) is 7.01. The molecular weight excluding hydrogens is 294 g/mol. The lowest BCUT2D eigenvalue weighted by molar-refractivity contribution is 0.553. The summed E-state index contributed by atoms with van der Waals surface area (Å²) in [6.07, 6.45) is 3.40. The van der Waals surface area contributed by atoms with Crippen LogP contribution in [0.25, 0.3) is 10.9 Å². The summed E-state index contributed by atoms with van der Waals surface area (Å²) < 4.78 is 2.61. The second-order valence-electron chi connectivity index (χ2n) is 7.01. The third kappa shape index (κ3) is 2.23. The number of aromatic nitrogens is 1. The molecule has 1 unspecified atom stereocenters. The van der Waals surface area contributed by atoms with E-state index in [0.717, 1.165) is 38.9 Å². The molecule has 3 heterocycles. The van der Waals surface area contributed by atoms with Crippen molar-refractivity contribution in [2.24, 2.45) is 0 Å². The van der Waals surface area contributed by atoms with Crippen LogP contribution >= 0.6 is 0 Å². The molecule has 5 rings (SSSR count). The van der Waals surface area contributed by atoms with E-state index >= 15 is 0 Å². The Kier molecular flexibility index (Phi) is 3.34. The number of hydrogen-bond donors (Lipinski definition) is 2. The van der Waals surface area contributed by atoms with E-state index in [-0.39, 0.29) is 0 Å². The molecule has 0 amide bonds. The van der Waals surface area contributed by atoms with Crippen molar-refractivity contribution in [1.29, 1.82) is 0 Å². The van der Waals surface area contributed by atoms with Crippen LogP contribution in [0.1, 0.15) is 16.8 Å². The number of nitrogens with one attached hydrogen (secondary N) is 2. The quantitative estimate of drug-likeness (QED) is 0.759. The van der Waals surface area contributed by atoms with Gasteiger partial charge in [0.2, 0.25) is 0 Å². The molecule has 0 fully saturated rings. The molecule has 0 bridgehead atoms. The summed E-state index contributed by atoms with van der Waals surface area (Å²) in [5.41, 5.74) is 7.35. The Balaban J connectivity index is 1.57. The number of para-hydroxylation sites is 2. The van der Waals surface area contributed by atoms with Gasteiger partial charge in [0, 0.05) is 42.3 Å². The molecule has 0 spiro atoms. The normalized spacial score (nSPS) is 19.8. The third-order valence-electron chi connectivity index (χ3n) is 5.49. The molecule has 0 aliphatic carbocycles. The van der Waals surface area contributed by atoms with Crippen LogP contribution in [0.4, 0.5) is 5.69 Å². The van der Waals surface area contributed by atoms with Gasteiger partial charge in [-0.15, -0.1) is 0 Å². The van der Waals surface area contributed by atoms with Gasteiger partial charge in [0.25, 0.3) is 0 Å². The van der Waals surface area contributed by atoms with Crippen molar-refractivity contribution in [3.05, 3.63) is 65.4 Å². The summed E-state index contributed by atoms with van der Waals surface area (Å²) in [5, 5.41) is 8.78. The van der Waals surface area contributed by atoms with Gasteiger partial charge < -0.3 is 15.2 Å². The maximum absolute atomic E-state index is 3.74. The predicted molar refractivity (Wildman–Crippen MR) is 99.8 cm³/mol. The van der Waals surface area contributed by atoms with E-state index in [0.29, 0.717) is 6.04 Å². The summed E-state index contributed by atoms with van der Waals surface area (Å²) in [4.78, 5) is 0. The van der Waals surface area contributed by atoms with Crippen molar-refractivity contribution in [1.82, 2.24) is 9.88 Å². The zero-order valence-electron chi connectivity index (χ0n) is 13.9. The Bertz CT molecular complexity index is 879. The molecule has 2 aliphatic rings. The standard InChI is InChI=1S/C21H23N3/c1-2-6-16(7-3-1)23-17-13-15-5-4-8-19-18-9-11-22-12-10-20(18)24(14-17)21(15)19/h1-8,17,22-23H,9-14H2. The van der Waals surface area contributed by atoms with Crippen molar-refractivity contribution in [2.45, 2.75) is 31.8 Å². The van der Waals surface area contributed by atoms with Gasteiger partial charge in [-0.1, -0.05) is 36.4 Å². The van der Waals surface area contributed by atoms with Crippen LogP contribution in [0.15, 0.2) is 48.5 Å². The predicted octanol–water partition coefficient (Wildman–Crippen LogP) is 3.37. The summed E-state index contributed by atoms with van der Waals surface area (Å²) in [6.45, 7) is 3.26. The molecule has 3 heteroatoms. The molecule has 0 saturated heterocycles. The Morgan fingerprint density at radius 1 is 0.958 bits per heavy atom. The molecule has 3 aromatic rings. The molecule has 0 radical (unpaired) electrons. The SMILES string of the molecule is c1ccc(NC2Cc3cccc4c5c(n(c34)C2)CCNCC5)cc1. The van der Waals surface area contributed by atoms with Gasteiger partial charge in [0.05, 0.1) is 5.52 Å². The first-order chi connectivity index (χ1) is 11.9. The molecule has 0 saturated carbocycles. The highest BCUT2D eigenvalue weighted by Crippen LogP contribution is 2.34. The van der Waals surface area contributed by atoms with Crippen molar-refractivity contribution in [3.8, 4) is 0 Å². The number of nitrogens with zero attached hydrogens (tertiary/aromatic N) is 1. The average Bonchev–Trinajstić information content (AvgIpc) is 2.77. The van der Waals surface area contributed by atoms with E-state index in [4.69, 9.17) is 0 Å². The van der Waals surface area contributed by atoms with E-state index in [2.05, 4.69) is 63.7 Å². The maximum Gasteiger partial charge on any atom is 0.0519 e. The van der Waals surface area contributed by atoms with Gasteiger partial charge in [0.1, 0.15) is 0 Å². The van der Waals surface area contributed by atoms with E-state index in [9.17, 15) is 0 Å².